The van der Waals surface area contributed by atoms with Gasteiger partial charge >= 0.3 is 0 Å². The molecule has 3 rings (SSSR count). The van der Waals surface area contributed by atoms with Gasteiger partial charge in [0.15, 0.2) is 6.61 Å². The Morgan fingerprint density at radius 2 is 1.80 bits per heavy atom. The zero-order valence-corrected chi connectivity index (χ0v) is 15.5. The molecule has 1 aliphatic rings. The number of hydrogen-bond donors (Lipinski definition) is 1. The Bertz CT molecular complexity index is 693. The van der Waals surface area contributed by atoms with E-state index in [1.54, 1.807) is 0 Å². The minimum absolute atomic E-state index is 0. The lowest BCUT2D eigenvalue weighted by Gasteiger charge is -2.38. The van der Waals surface area contributed by atoms with Crippen molar-refractivity contribution >= 4 is 18.3 Å². The van der Waals surface area contributed by atoms with Crippen LogP contribution >= 0.6 is 12.4 Å². The van der Waals surface area contributed by atoms with Crippen LogP contribution in [0.4, 0.5) is 0 Å². The SMILES string of the molecule is CC1NCCN(C(=O)COc2ccccc2-c2ccccc2)C1C.Cl. The van der Waals surface area contributed by atoms with Crippen LogP contribution in [0.5, 0.6) is 5.75 Å². The molecule has 1 fully saturated rings. The number of piperazine rings is 1. The van der Waals surface area contributed by atoms with Gasteiger partial charge in [0, 0.05) is 30.7 Å². The van der Waals surface area contributed by atoms with Crippen LogP contribution in [-0.2, 0) is 4.79 Å². The molecule has 0 radical (unpaired) electrons. The predicted molar refractivity (Wildman–Crippen MR) is 103 cm³/mol. The van der Waals surface area contributed by atoms with Crippen molar-refractivity contribution in [2.75, 3.05) is 19.7 Å². The second-order valence-electron chi connectivity index (χ2n) is 6.22. The molecular formula is C20H25ClN2O2. The van der Waals surface area contributed by atoms with E-state index < -0.39 is 0 Å². The summed E-state index contributed by atoms with van der Waals surface area (Å²) >= 11 is 0. The lowest BCUT2D eigenvalue weighted by Crippen LogP contribution is -2.58. The maximum atomic E-state index is 12.5. The highest BCUT2D eigenvalue weighted by Crippen LogP contribution is 2.29. The minimum atomic E-state index is 0. The Morgan fingerprint density at radius 3 is 2.56 bits per heavy atom. The number of carbonyl (C=O) groups is 1. The zero-order valence-electron chi connectivity index (χ0n) is 14.6. The smallest absolute Gasteiger partial charge is 0.260 e. The van der Waals surface area contributed by atoms with Crippen molar-refractivity contribution in [3.05, 3.63) is 54.6 Å². The third-order valence-electron chi connectivity index (χ3n) is 4.68. The number of para-hydroxylation sites is 1. The van der Waals surface area contributed by atoms with E-state index >= 15 is 0 Å². The third kappa shape index (κ3) is 4.53. The summed E-state index contributed by atoms with van der Waals surface area (Å²) in [5, 5.41) is 3.39. The van der Waals surface area contributed by atoms with Gasteiger partial charge in [0.1, 0.15) is 5.75 Å². The van der Waals surface area contributed by atoms with Gasteiger partial charge in [-0.25, -0.2) is 0 Å². The summed E-state index contributed by atoms with van der Waals surface area (Å²) in [6, 6.07) is 18.4. The van der Waals surface area contributed by atoms with Crippen LogP contribution in [0.1, 0.15) is 13.8 Å². The fourth-order valence-electron chi connectivity index (χ4n) is 3.08. The second-order valence-corrected chi connectivity index (χ2v) is 6.22. The molecule has 134 valence electrons. The third-order valence-corrected chi connectivity index (χ3v) is 4.68. The van der Waals surface area contributed by atoms with Crippen LogP contribution in [0.2, 0.25) is 0 Å². The highest BCUT2D eigenvalue weighted by molar-refractivity contribution is 5.85. The standard InChI is InChI=1S/C20H24N2O2.ClH/c1-15-16(2)22(13-12-21-15)20(23)14-24-19-11-7-6-10-18(19)17-8-4-3-5-9-17;/h3-11,15-16,21H,12-14H2,1-2H3;1H. The van der Waals surface area contributed by atoms with Gasteiger partial charge in [-0.3, -0.25) is 4.79 Å². The second kappa shape index (κ2) is 8.88. The first kappa shape index (κ1) is 19.3. The summed E-state index contributed by atoms with van der Waals surface area (Å²) in [5.74, 6) is 0.784. The van der Waals surface area contributed by atoms with Crippen molar-refractivity contribution in [2.24, 2.45) is 0 Å². The molecule has 1 heterocycles. The molecule has 4 nitrogen and oxygen atoms in total. The number of ether oxygens (including phenoxy) is 1. The quantitative estimate of drug-likeness (QED) is 0.909. The summed E-state index contributed by atoms with van der Waals surface area (Å²) in [4.78, 5) is 14.5. The number of rotatable bonds is 4. The number of amides is 1. The average molecular weight is 361 g/mol. The Balaban J connectivity index is 0.00000225. The van der Waals surface area contributed by atoms with Gasteiger partial charge in [-0.05, 0) is 25.5 Å². The molecule has 0 saturated carbocycles. The molecule has 1 aliphatic heterocycles. The maximum Gasteiger partial charge on any atom is 0.260 e. The van der Waals surface area contributed by atoms with E-state index in [1.807, 2.05) is 59.5 Å². The lowest BCUT2D eigenvalue weighted by molar-refractivity contribution is -0.137. The maximum absolute atomic E-state index is 12.5. The zero-order chi connectivity index (χ0) is 16.9. The molecule has 1 saturated heterocycles. The van der Waals surface area contributed by atoms with Gasteiger partial charge in [0.2, 0.25) is 0 Å². The van der Waals surface area contributed by atoms with Crippen LogP contribution in [0.3, 0.4) is 0 Å². The number of nitrogens with one attached hydrogen (secondary N) is 1. The average Bonchev–Trinajstić information content (AvgIpc) is 2.63. The number of nitrogens with zero attached hydrogens (tertiary/aromatic N) is 1. The first-order valence-corrected chi connectivity index (χ1v) is 8.47. The summed E-state index contributed by atoms with van der Waals surface area (Å²) in [5.41, 5.74) is 2.09. The van der Waals surface area contributed by atoms with Crippen LogP contribution in [0.25, 0.3) is 11.1 Å². The minimum Gasteiger partial charge on any atom is -0.483 e. The first-order chi connectivity index (χ1) is 11.7. The highest BCUT2D eigenvalue weighted by Gasteiger charge is 2.28. The van der Waals surface area contributed by atoms with Gasteiger partial charge in [0.05, 0.1) is 0 Å². The van der Waals surface area contributed by atoms with Crippen LogP contribution in [-0.4, -0.2) is 42.6 Å². The lowest BCUT2D eigenvalue weighted by atomic mass is 10.0. The normalized spacial score (nSPS) is 19.8. The Morgan fingerprint density at radius 1 is 1.12 bits per heavy atom. The molecule has 0 aromatic heterocycles. The summed E-state index contributed by atoms with van der Waals surface area (Å²) in [6.07, 6.45) is 0. The van der Waals surface area contributed by atoms with Gasteiger partial charge in [-0.2, -0.15) is 0 Å². The first-order valence-electron chi connectivity index (χ1n) is 8.47. The molecule has 2 aromatic carbocycles. The Kier molecular flexibility index (Phi) is 6.85. The molecule has 25 heavy (non-hydrogen) atoms. The molecule has 1 N–H and O–H groups in total. The monoisotopic (exact) mass is 360 g/mol. The van der Waals surface area contributed by atoms with Crippen molar-refractivity contribution in [2.45, 2.75) is 25.9 Å². The summed E-state index contributed by atoms with van der Waals surface area (Å²) in [6.45, 7) is 5.81. The number of hydrogen-bond acceptors (Lipinski definition) is 3. The van der Waals surface area contributed by atoms with Crippen molar-refractivity contribution in [3.63, 3.8) is 0 Å². The van der Waals surface area contributed by atoms with Crippen LogP contribution in [0.15, 0.2) is 54.6 Å². The van der Waals surface area contributed by atoms with E-state index in [-0.39, 0.29) is 31.0 Å². The molecule has 0 bridgehead atoms. The van der Waals surface area contributed by atoms with E-state index in [2.05, 4.69) is 19.2 Å². The topological polar surface area (TPSA) is 41.6 Å². The molecule has 2 atom stereocenters. The fourth-order valence-corrected chi connectivity index (χ4v) is 3.08. The number of benzene rings is 2. The Hall–Kier alpha value is -2.04. The van der Waals surface area contributed by atoms with Crippen molar-refractivity contribution in [3.8, 4) is 16.9 Å². The number of carbonyl (C=O) groups excluding carboxylic acids is 1. The van der Waals surface area contributed by atoms with Gasteiger partial charge in [0.25, 0.3) is 5.91 Å². The van der Waals surface area contributed by atoms with Gasteiger partial charge < -0.3 is 15.0 Å². The van der Waals surface area contributed by atoms with Crippen molar-refractivity contribution < 1.29 is 9.53 Å². The van der Waals surface area contributed by atoms with E-state index in [1.165, 1.54) is 0 Å². The van der Waals surface area contributed by atoms with Crippen LogP contribution < -0.4 is 10.1 Å². The molecule has 1 amide bonds. The molecule has 2 aromatic rings. The fraction of sp³-hybridized carbons (Fsp3) is 0.350. The van der Waals surface area contributed by atoms with Crippen LogP contribution in [0, 0.1) is 0 Å². The molecule has 0 aliphatic carbocycles. The van der Waals surface area contributed by atoms with Crippen molar-refractivity contribution in [1.82, 2.24) is 10.2 Å². The van der Waals surface area contributed by atoms with E-state index in [4.69, 9.17) is 4.74 Å². The molecule has 0 spiro atoms. The summed E-state index contributed by atoms with van der Waals surface area (Å²) in [7, 11) is 0. The Labute approximate surface area is 155 Å². The van der Waals surface area contributed by atoms with E-state index in [9.17, 15) is 4.79 Å². The molecular weight excluding hydrogens is 336 g/mol. The van der Waals surface area contributed by atoms with Gasteiger partial charge in [-0.1, -0.05) is 48.5 Å². The molecule has 5 heteroatoms. The number of halogens is 1. The summed E-state index contributed by atoms with van der Waals surface area (Å²) < 4.78 is 5.88. The largest absolute Gasteiger partial charge is 0.483 e. The molecule has 2 unspecified atom stereocenters. The van der Waals surface area contributed by atoms with Gasteiger partial charge in [-0.15, -0.1) is 12.4 Å². The van der Waals surface area contributed by atoms with E-state index in [0.717, 1.165) is 30.0 Å². The predicted octanol–water partition coefficient (Wildman–Crippen LogP) is 3.36. The van der Waals surface area contributed by atoms with E-state index in [0.29, 0.717) is 6.04 Å². The highest BCUT2D eigenvalue weighted by atomic mass is 35.5. The van der Waals surface area contributed by atoms with Crippen molar-refractivity contribution in [1.29, 1.82) is 0 Å².